The molecule has 0 aliphatic heterocycles. The molecule has 0 saturated heterocycles. The van der Waals surface area contributed by atoms with Crippen molar-refractivity contribution in [2.24, 2.45) is 0 Å². The molecule has 0 fully saturated rings. The molecule has 156 valence electrons. The third-order valence-electron chi connectivity index (χ3n) is 3.84. The number of nitrogens with zero attached hydrogens (tertiary/aromatic N) is 3. The maximum absolute atomic E-state index is 12.7. The van der Waals surface area contributed by atoms with Crippen LogP contribution in [0.15, 0.2) is 54.7 Å². The number of anilines is 1. The Bertz CT molecular complexity index is 1100. The van der Waals surface area contributed by atoms with E-state index in [2.05, 4.69) is 10.4 Å². The molecule has 1 aromatic heterocycles. The van der Waals surface area contributed by atoms with Crippen LogP contribution in [0.4, 0.5) is 24.5 Å². The Labute approximate surface area is 166 Å². The van der Waals surface area contributed by atoms with Gasteiger partial charge in [-0.05, 0) is 30.3 Å². The molecule has 1 heterocycles. The first-order valence-electron chi connectivity index (χ1n) is 8.26. The number of nitro benzene ring substituents is 1. The van der Waals surface area contributed by atoms with Crippen molar-refractivity contribution in [2.45, 2.75) is 12.9 Å². The van der Waals surface area contributed by atoms with E-state index >= 15 is 0 Å². The zero-order chi connectivity index (χ0) is 21.9. The molecule has 30 heavy (non-hydrogen) atoms. The summed E-state index contributed by atoms with van der Waals surface area (Å²) in [5, 5.41) is 26.8. The third-order valence-corrected chi connectivity index (χ3v) is 3.84. The van der Waals surface area contributed by atoms with Crippen LogP contribution in [0.1, 0.15) is 16.1 Å². The Hall–Kier alpha value is -4.09. The van der Waals surface area contributed by atoms with Crippen LogP contribution in [0.2, 0.25) is 0 Å². The van der Waals surface area contributed by atoms with Crippen LogP contribution in [0, 0.1) is 10.1 Å². The van der Waals surface area contributed by atoms with Crippen LogP contribution in [0.3, 0.4) is 0 Å². The molecule has 0 saturated carbocycles. The lowest BCUT2D eigenvalue weighted by Gasteiger charge is -2.10. The molecule has 0 unspecified atom stereocenters. The molecule has 1 amide bonds. The fourth-order valence-electron chi connectivity index (χ4n) is 2.38. The van der Waals surface area contributed by atoms with Crippen molar-refractivity contribution in [3.63, 3.8) is 0 Å². The monoisotopic (exact) mass is 422 g/mol. The number of aromatic nitrogens is 2. The fraction of sp³-hybridized carbons (Fsp3) is 0.111. The van der Waals surface area contributed by atoms with Crippen LogP contribution in [0.5, 0.6) is 11.5 Å². The third kappa shape index (κ3) is 4.84. The van der Waals surface area contributed by atoms with Crippen molar-refractivity contribution >= 4 is 17.3 Å². The zero-order valence-electron chi connectivity index (χ0n) is 15.0. The van der Waals surface area contributed by atoms with Gasteiger partial charge in [0, 0.05) is 18.3 Å². The largest absolute Gasteiger partial charge is 0.506 e. The van der Waals surface area contributed by atoms with Crippen molar-refractivity contribution in [3.05, 3.63) is 76.1 Å². The van der Waals surface area contributed by atoms with Gasteiger partial charge in [0.2, 0.25) is 0 Å². The quantitative estimate of drug-likeness (QED) is 0.354. The number of benzene rings is 2. The number of nitrogens with one attached hydrogen (secondary N) is 1. The standard InChI is InChI=1S/C18H13F3N4O5/c19-18(20,21)11-2-1-3-13(8-11)30-10-24-7-6-14(23-24)17(27)22-15-9-12(25(28)29)4-5-16(15)26/h1-9,26H,10H2,(H,22,27). The van der Waals surface area contributed by atoms with E-state index in [1.807, 2.05) is 0 Å². The first-order chi connectivity index (χ1) is 14.1. The second kappa shape index (κ2) is 8.11. The minimum Gasteiger partial charge on any atom is -0.506 e. The van der Waals surface area contributed by atoms with E-state index in [4.69, 9.17) is 4.74 Å². The molecule has 12 heteroatoms. The maximum atomic E-state index is 12.7. The number of amides is 1. The van der Waals surface area contributed by atoms with Crippen LogP contribution < -0.4 is 10.1 Å². The van der Waals surface area contributed by atoms with Gasteiger partial charge in [-0.25, -0.2) is 4.68 Å². The van der Waals surface area contributed by atoms with E-state index in [0.29, 0.717) is 0 Å². The summed E-state index contributed by atoms with van der Waals surface area (Å²) in [5.41, 5.74) is -1.47. The van der Waals surface area contributed by atoms with Gasteiger partial charge in [0.25, 0.3) is 11.6 Å². The van der Waals surface area contributed by atoms with E-state index in [9.17, 15) is 33.2 Å². The number of phenolic OH excluding ortho intramolecular Hbond substituents is 1. The summed E-state index contributed by atoms with van der Waals surface area (Å²) in [7, 11) is 0. The number of nitro groups is 1. The maximum Gasteiger partial charge on any atom is 0.416 e. The van der Waals surface area contributed by atoms with Crippen molar-refractivity contribution in [1.82, 2.24) is 9.78 Å². The van der Waals surface area contributed by atoms with Crippen LogP contribution in [-0.2, 0) is 12.9 Å². The fourth-order valence-corrected chi connectivity index (χ4v) is 2.38. The molecule has 3 rings (SSSR count). The van der Waals surface area contributed by atoms with Gasteiger partial charge in [0.15, 0.2) is 12.4 Å². The average Bonchev–Trinajstić information content (AvgIpc) is 3.16. The topological polar surface area (TPSA) is 120 Å². The van der Waals surface area contributed by atoms with Gasteiger partial charge in [-0.15, -0.1) is 0 Å². The molecule has 0 radical (unpaired) electrons. The second-order valence-corrected chi connectivity index (χ2v) is 5.95. The Morgan fingerprint density at radius 1 is 1.23 bits per heavy atom. The summed E-state index contributed by atoms with van der Waals surface area (Å²) in [6.07, 6.45) is -3.15. The summed E-state index contributed by atoms with van der Waals surface area (Å²) in [6, 6.07) is 8.72. The van der Waals surface area contributed by atoms with Crippen molar-refractivity contribution in [1.29, 1.82) is 0 Å². The summed E-state index contributed by atoms with van der Waals surface area (Å²) < 4.78 is 44.6. The summed E-state index contributed by atoms with van der Waals surface area (Å²) in [5.74, 6) is -1.17. The predicted octanol–water partition coefficient (Wildman–Crippen LogP) is 3.80. The number of hydrogen-bond donors (Lipinski definition) is 2. The molecule has 9 nitrogen and oxygen atoms in total. The van der Waals surface area contributed by atoms with Gasteiger partial charge < -0.3 is 15.2 Å². The predicted molar refractivity (Wildman–Crippen MR) is 97.0 cm³/mol. The highest BCUT2D eigenvalue weighted by atomic mass is 19.4. The minimum atomic E-state index is -4.51. The summed E-state index contributed by atoms with van der Waals surface area (Å²) in [6.45, 7) is -0.267. The number of non-ortho nitro benzene ring substituents is 1. The SMILES string of the molecule is O=C(Nc1cc([N+](=O)[O-])ccc1O)c1ccn(COc2cccc(C(F)(F)F)c2)n1. The van der Waals surface area contributed by atoms with Gasteiger partial charge in [0.05, 0.1) is 16.2 Å². The number of carbonyl (C=O) groups excluding carboxylic acids is 1. The van der Waals surface area contributed by atoms with Crippen molar-refractivity contribution < 1.29 is 32.7 Å². The average molecular weight is 422 g/mol. The lowest BCUT2D eigenvalue weighted by Crippen LogP contribution is -2.14. The van der Waals surface area contributed by atoms with Gasteiger partial charge in [-0.1, -0.05) is 6.07 Å². The first-order valence-corrected chi connectivity index (χ1v) is 8.26. The molecule has 0 bridgehead atoms. The Morgan fingerprint density at radius 3 is 2.70 bits per heavy atom. The van der Waals surface area contributed by atoms with Gasteiger partial charge in [-0.2, -0.15) is 18.3 Å². The molecule has 0 atom stereocenters. The molecule has 2 N–H and O–H groups in total. The van der Waals surface area contributed by atoms with Crippen LogP contribution in [-0.4, -0.2) is 25.7 Å². The number of rotatable bonds is 6. The van der Waals surface area contributed by atoms with Crippen molar-refractivity contribution in [2.75, 3.05) is 5.32 Å². The number of ether oxygens (including phenoxy) is 1. The Balaban J connectivity index is 1.66. The zero-order valence-corrected chi connectivity index (χ0v) is 15.0. The molecule has 0 aliphatic carbocycles. The number of halogens is 3. The lowest BCUT2D eigenvalue weighted by molar-refractivity contribution is -0.384. The second-order valence-electron chi connectivity index (χ2n) is 5.95. The highest BCUT2D eigenvalue weighted by Gasteiger charge is 2.30. The van der Waals surface area contributed by atoms with E-state index in [1.54, 1.807) is 0 Å². The minimum absolute atomic E-state index is 0.0344. The molecular weight excluding hydrogens is 409 g/mol. The van der Waals surface area contributed by atoms with Gasteiger partial charge >= 0.3 is 6.18 Å². The van der Waals surface area contributed by atoms with Gasteiger partial charge in [-0.3, -0.25) is 14.9 Å². The van der Waals surface area contributed by atoms with Crippen molar-refractivity contribution in [3.8, 4) is 11.5 Å². The number of carbonyl (C=O) groups is 1. The summed E-state index contributed by atoms with van der Waals surface area (Å²) >= 11 is 0. The highest BCUT2D eigenvalue weighted by Crippen LogP contribution is 2.31. The van der Waals surface area contributed by atoms with Gasteiger partial charge in [0.1, 0.15) is 11.5 Å². The number of phenols is 1. The van der Waals surface area contributed by atoms with E-state index < -0.39 is 22.6 Å². The molecule has 0 aliphatic rings. The van der Waals surface area contributed by atoms with E-state index in [0.717, 1.165) is 30.3 Å². The van der Waals surface area contributed by atoms with Crippen LogP contribution in [0.25, 0.3) is 0 Å². The highest BCUT2D eigenvalue weighted by molar-refractivity contribution is 6.03. The summed E-state index contributed by atoms with van der Waals surface area (Å²) in [4.78, 5) is 22.4. The molecule has 2 aromatic carbocycles. The Kier molecular flexibility index (Phi) is 5.58. The molecular formula is C18H13F3N4O5. The Morgan fingerprint density at radius 2 is 2.00 bits per heavy atom. The molecule has 3 aromatic rings. The molecule has 0 spiro atoms. The number of hydrogen-bond acceptors (Lipinski definition) is 6. The van der Waals surface area contributed by atoms with E-state index in [-0.39, 0.29) is 35.3 Å². The number of aromatic hydroxyl groups is 1. The number of alkyl halides is 3. The van der Waals surface area contributed by atoms with E-state index in [1.165, 1.54) is 29.1 Å². The van der Waals surface area contributed by atoms with Crippen LogP contribution >= 0.6 is 0 Å². The first kappa shape index (κ1) is 20.6. The smallest absolute Gasteiger partial charge is 0.416 e. The lowest BCUT2D eigenvalue weighted by atomic mass is 10.2. The normalized spacial score (nSPS) is 11.2.